The molecule has 3 aromatic rings. The van der Waals surface area contributed by atoms with Crippen molar-refractivity contribution in [1.82, 2.24) is 9.38 Å². The summed E-state index contributed by atoms with van der Waals surface area (Å²) in [6.45, 7) is 4.11. The van der Waals surface area contributed by atoms with E-state index >= 15 is 0 Å². The minimum absolute atomic E-state index is 0.744. The van der Waals surface area contributed by atoms with Gasteiger partial charge >= 0.3 is 0 Å². The van der Waals surface area contributed by atoms with Gasteiger partial charge in [-0.05, 0) is 54.0 Å². The predicted molar refractivity (Wildman–Crippen MR) is 82.8 cm³/mol. The van der Waals surface area contributed by atoms with Gasteiger partial charge in [0, 0.05) is 20.8 Å². The number of hydrogen-bond acceptors (Lipinski definition) is 1. The van der Waals surface area contributed by atoms with Gasteiger partial charge < -0.3 is 0 Å². The molecule has 96 valence electrons. The highest BCUT2D eigenvalue weighted by Crippen LogP contribution is 2.29. The molecule has 0 atom stereocenters. The van der Waals surface area contributed by atoms with E-state index in [2.05, 4.69) is 32.2 Å². The number of hydrogen-bond donors (Lipinski definition) is 0. The first kappa shape index (κ1) is 12.7. The number of aryl methyl sites for hydroxylation is 2. The van der Waals surface area contributed by atoms with Gasteiger partial charge in [0.2, 0.25) is 0 Å². The van der Waals surface area contributed by atoms with Gasteiger partial charge in [0.05, 0.1) is 11.4 Å². The van der Waals surface area contributed by atoms with Crippen LogP contribution in [-0.2, 0) is 0 Å². The first-order chi connectivity index (χ1) is 9.08. The molecule has 0 N–H and O–H groups in total. The molecule has 0 spiro atoms. The van der Waals surface area contributed by atoms with Crippen molar-refractivity contribution in [2.75, 3.05) is 0 Å². The van der Waals surface area contributed by atoms with Crippen molar-refractivity contribution in [3.05, 3.63) is 57.3 Å². The fraction of sp³-hybridized carbons (Fsp3) is 0.133. The Labute approximate surface area is 125 Å². The van der Waals surface area contributed by atoms with Crippen molar-refractivity contribution in [2.45, 2.75) is 13.8 Å². The van der Waals surface area contributed by atoms with Crippen molar-refractivity contribution in [3.8, 4) is 11.3 Å². The zero-order valence-electron chi connectivity index (χ0n) is 10.6. The van der Waals surface area contributed by atoms with E-state index < -0.39 is 0 Å². The van der Waals surface area contributed by atoms with Crippen LogP contribution < -0.4 is 0 Å². The minimum atomic E-state index is 0.744. The van der Waals surface area contributed by atoms with Crippen LogP contribution in [0.5, 0.6) is 0 Å². The third kappa shape index (κ3) is 2.07. The van der Waals surface area contributed by atoms with Crippen LogP contribution in [0, 0.1) is 13.8 Å². The van der Waals surface area contributed by atoms with Crippen LogP contribution in [0.2, 0.25) is 5.02 Å². The molecule has 2 nitrogen and oxygen atoms in total. The molecule has 3 rings (SSSR count). The normalized spacial score (nSPS) is 11.2. The molecule has 0 amide bonds. The SMILES string of the molecule is Cc1nc2ccc(Br)c(C)n2c1-c1ccc(Cl)cc1. The van der Waals surface area contributed by atoms with E-state index in [1.54, 1.807) is 0 Å². The van der Waals surface area contributed by atoms with Gasteiger partial charge in [0.25, 0.3) is 0 Å². The Hall–Kier alpha value is -1.32. The average molecular weight is 336 g/mol. The summed E-state index contributed by atoms with van der Waals surface area (Å²) in [5, 5.41) is 0.744. The Morgan fingerprint density at radius 2 is 1.74 bits per heavy atom. The lowest BCUT2D eigenvalue weighted by Crippen LogP contribution is -1.95. The van der Waals surface area contributed by atoms with Crippen LogP contribution in [0.3, 0.4) is 0 Å². The second kappa shape index (κ2) is 4.66. The van der Waals surface area contributed by atoms with E-state index in [1.165, 1.54) is 0 Å². The lowest BCUT2D eigenvalue weighted by molar-refractivity contribution is 1.08. The second-order valence-electron chi connectivity index (χ2n) is 4.51. The molecule has 0 radical (unpaired) electrons. The second-order valence-corrected chi connectivity index (χ2v) is 5.80. The van der Waals surface area contributed by atoms with Crippen LogP contribution >= 0.6 is 27.5 Å². The molecule has 0 aliphatic rings. The summed E-state index contributed by atoms with van der Waals surface area (Å²) >= 11 is 9.53. The molecule has 19 heavy (non-hydrogen) atoms. The maximum absolute atomic E-state index is 5.96. The minimum Gasteiger partial charge on any atom is -0.296 e. The molecule has 0 saturated heterocycles. The number of imidazole rings is 1. The molecule has 0 aliphatic heterocycles. The van der Waals surface area contributed by atoms with E-state index in [9.17, 15) is 0 Å². The highest BCUT2D eigenvalue weighted by Gasteiger charge is 2.13. The van der Waals surface area contributed by atoms with Gasteiger partial charge in [0.15, 0.2) is 0 Å². The fourth-order valence-corrected chi connectivity index (χ4v) is 2.76. The van der Waals surface area contributed by atoms with Crippen molar-refractivity contribution < 1.29 is 0 Å². The van der Waals surface area contributed by atoms with Crippen LogP contribution in [0.1, 0.15) is 11.4 Å². The molecular weight excluding hydrogens is 324 g/mol. The van der Waals surface area contributed by atoms with Gasteiger partial charge in [-0.15, -0.1) is 0 Å². The molecule has 2 heterocycles. The Bertz CT molecular complexity index is 760. The van der Waals surface area contributed by atoms with Gasteiger partial charge in [-0.2, -0.15) is 0 Å². The van der Waals surface area contributed by atoms with E-state index in [-0.39, 0.29) is 0 Å². The van der Waals surface area contributed by atoms with Crippen molar-refractivity contribution in [1.29, 1.82) is 0 Å². The first-order valence-corrected chi connectivity index (χ1v) is 7.15. The van der Waals surface area contributed by atoms with Gasteiger partial charge in [-0.1, -0.05) is 23.7 Å². The first-order valence-electron chi connectivity index (χ1n) is 5.98. The summed E-state index contributed by atoms with van der Waals surface area (Å²) < 4.78 is 3.25. The molecule has 2 aromatic heterocycles. The maximum atomic E-state index is 5.96. The Balaban J connectivity index is 2.37. The van der Waals surface area contributed by atoms with E-state index in [4.69, 9.17) is 11.6 Å². The number of aromatic nitrogens is 2. The van der Waals surface area contributed by atoms with Crippen molar-refractivity contribution in [2.24, 2.45) is 0 Å². The molecule has 0 fully saturated rings. The van der Waals surface area contributed by atoms with Gasteiger partial charge in [0.1, 0.15) is 5.65 Å². The Morgan fingerprint density at radius 1 is 1.05 bits per heavy atom. The third-order valence-electron chi connectivity index (χ3n) is 3.26. The summed E-state index contributed by atoms with van der Waals surface area (Å²) in [6.07, 6.45) is 0. The summed E-state index contributed by atoms with van der Waals surface area (Å²) in [6, 6.07) is 11.9. The summed E-state index contributed by atoms with van der Waals surface area (Å²) in [5.41, 5.74) is 5.36. The summed E-state index contributed by atoms with van der Waals surface area (Å²) in [4.78, 5) is 4.62. The quantitative estimate of drug-likeness (QED) is 0.609. The number of fused-ring (bicyclic) bond motifs is 1. The zero-order valence-corrected chi connectivity index (χ0v) is 13.0. The van der Waals surface area contributed by atoms with E-state index in [0.29, 0.717) is 0 Å². The largest absolute Gasteiger partial charge is 0.296 e. The number of rotatable bonds is 1. The maximum Gasteiger partial charge on any atom is 0.137 e. The van der Waals surface area contributed by atoms with Crippen LogP contribution in [-0.4, -0.2) is 9.38 Å². The van der Waals surface area contributed by atoms with Gasteiger partial charge in [-0.3, -0.25) is 4.40 Å². The monoisotopic (exact) mass is 334 g/mol. The average Bonchev–Trinajstić information content (AvgIpc) is 2.72. The Morgan fingerprint density at radius 3 is 2.42 bits per heavy atom. The zero-order chi connectivity index (χ0) is 13.6. The third-order valence-corrected chi connectivity index (χ3v) is 4.35. The predicted octanol–water partition coefficient (Wildman–Crippen LogP) is 5.03. The number of halogens is 2. The Kier molecular flexibility index (Phi) is 3.11. The van der Waals surface area contributed by atoms with E-state index in [1.807, 2.05) is 43.3 Å². The molecule has 0 saturated carbocycles. The number of pyridine rings is 1. The van der Waals surface area contributed by atoms with Crippen molar-refractivity contribution in [3.63, 3.8) is 0 Å². The van der Waals surface area contributed by atoms with Gasteiger partial charge in [-0.25, -0.2) is 4.98 Å². The molecule has 0 bridgehead atoms. The van der Waals surface area contributed by atoms with Crippen LogP contribution in [0.4, 0.5) is 0 Å². The van der Waals surface area contributed by atoms with Crippen LogP contribution in [0.25, 0.3) is 16.9 Å². The van der Waals surface area contributed by atoms with Crippen LogP contribution in [0.15, 0.2) is 40.9 Å². The standard InChI is InChI=1S/C15H12BrClN2/c1-9-15(11-3-5-12(17)6-4-11)19-10(2)13(16)7-8-14(19)18-9/h3-8H,1-2H3. The van der Waals surface area contributed by atoms with E-state index in [0.717, 1.165) is 37.8 Å². The number of benzene rings is 1. The van der Waals surface area contributed by atoms with Crippen molar-refractivity contribution >= 4 is 33.2 Å². The molecular formula is C15H12BrClN2. The summed E-state index contributed by atoms with van der Waals surface area (Å²) in [7, 11) is 0. The lowest BCUT2D eigenvalue weighted by Gasteiger charge is -2.08. The highest BCUT2D eigenvalue weighted by molar-refractivity contribution is 9.10. The lowest BCUT2D eigenvalue weighted by atomic mass is 10.1. The highest BCUT2D eigenvalue weighted by atomic mass is 79.9. The topological polar surface area (TPSA) is 17.3 Å². The molecule has 4 heteroatoms. The molecule has 0 aliphatic carbocycles. The smallest absolute Gasteiger partial charge is 0.137 e. The fourth-order valence-electron chi connectivity index (χ4n) is 2.32. The number of nitrogens with zero attached hydrogens (tertiary/aromatic N) is 2. The molecule has 0 unspecified atom stereocenters. The summed E-state index contributed by atoms with van der Waals surface area (Å²) in [5.74, 6) is 0. The molecule has 1 aromatic carbocycles.